The Kier molecular flexibility index (Phi) is 6.46. The van der Waals surface area contributed by atoms with Crippen LogP contribution in [0.4, 0.5) is 5.13 Å². The van der Waals surface area contributed by atoms with E-state index in [-0.39, 0.29) is 29.3 Å². The number of carbonyl (C=O) groups is 1. The van der Waals surface area contributed by atoms with Gasteiger partial charge in [0.1, 0.15) is 11.3 Å². The van der Waals surface area contributed by atoms with Crippen molar-refractivity contribution in [1.29, 1.82) is 0 Å². The summed E-state index contributed by atoms with van der Waals surface area (Å²) in [6.07, 6.45) is 0. The van der Waals surface area contributed by atoms with E-state index in [1.165, 1.54) is 11.3 Å². The van der Waals surface area contributed by atoms with Crippen molar-refractivity contribution in [3.05, 3.63) is 52.0 Å². The van der Waals surface area contributed by atoms with Crippen LogP contribution in [0.5, 0.6) is 5.75 Å². The number of benzene rings is 2. The van der Waals surface area contributed by atoms with Crippen molar-refractivity contribution in [2.75, 3.05) is 19.0 Å². The SMILES string of the molecule is COc1cccc2sc(NCC(=O)c3ccc(Cl)cc3Cl)nc12.[Br-]. The van der Waals surface area contributed by atoms with Crippen LogP contribution in [0.2, 0.25) is 10.0 Å². The van der Waals surface area contributed by atoms with Gasteiger partial charge in [0.05, 0.1) is 23.4 Å². The van der Waals surface area contributed by atoms with Gasteiger partial charge < -0.3 is 27.0 Å². The first kappa shape index (κ1) is 19.0. The molecule has 0 radical (unpaired) electrons. The van der Waals surface area contributed by atoms with Gasteiger partial charge in [0.2, 0.25) is 0 Å². The Labute approximate surface area is 163 Å². The fourth-order valence-corrected chi connectivity index (χ4v) is 3.52. The number of methoxy groups -OCH3 is 1. The molecule has 0 aliphatic heterocycles. The first-order valence-electron chi connectivity index (χ1n) is 6.74. The number of thiazole rings is 1. The van der Waals surface area contributed by atoms with Crippen LogP contribution < -0.4 is 27.0 Å². The predicted octanol–water partition coefficient (Wildman–Crippen LogP) is 1.91. The fourth-order valence-electron chi connectivity index (χ4n) is 2.13. The van der Waals surface area contributed by atoms with E-state index in [1.807, 2.05) is 18.2 Å². The van der Waals surface area contributed by atoms with Gasteiger partial charge in [-0.3, -0.25) is 4.79 Å². The molecule has 2 aromatic carbocycles. The molecule has 0 unspecified atom stereocenters. The van der Waals surface area contributed by atoms with E-state index in [1.54, 1.807) is 25.3 Å². The molecule has 0 spiro atoms. The lowest BCUT2D eigenvalue weighted by Gasteiger charge is -2.04. The number of rotatable bonds is 5. The van der Waals surface area contributed by atoms with Crippen molar-refractivity contribution >= 4 is 55.7 Å². The Bertz CT molecular complexity index is 886. The molecule has 1 N–H and O–H groups in total. The quantitative estimate of drug-likeness (QED) is 0.608. The summed E-state index contributed by atoms with van der Waals surface area (Å²) in [6.45, 7) is 0.101. The number of Topliss-reactive ketones (excluding diaryl/α,β-unsaturated/α-hetero) is 1. The average molecular weight is 447 g/mol. The molecule has 24 heavy (non-hydrogen) atoms. The molecular weight excluding hydrogens is 435 g/mol. The number of ether oxygens (including phenoxy) is 1. The van der Waals surface area contributed by atoms with Crippen molar-refractivity contribution in [1.82, 2.24) is 4.98 Å². The normalized spacial score (nSPS) is 10.3. The lowest BCUT2D eigenvalue weighted by molar-refractivity contribution is -0.0000123. The maximum absolute atomic E-state index is 12.3. The van der Waals surface area contributed by atoms with Gasteiger partial charge in [0, 0.05) is 10.6 Å². The largest absolute Gasteiger partial charge is 1.00 e. The number of hydrogen-bond acceptors (Lipinski definition) is 5. The standard InChI is InChI=1S/C16H12Cl2N2O2S.BrH/c1-22-13-3-2-4-14-15(13)20-16(23-14)19-8-12(21)10-6-5-9(17)7-11(10)18;/h2-7H,8H2,1H3,(H,19,20);1H/p-1. The number of para-hydroxylation sites is 1. The highest BCUT2D eigenvalue weighted by Gasteiger charge is 2.13. The van der Waals surface area contributed by atoms with Crippen LogP contribution >= 0.6 is 34.5 Å². The van der Waals surface area contributed by atoms with Crippen LogP contribution in [0, 0.1) is 0 Å². The van der Waals surface area contributed by atoms with Crippen molar-refractivity contribution in [3.63, 3.8) is 0 Å². The molecular formula is C16H12BrCl2N2O2S-. The van der Waals surface area contributed by atoms with Crippen LogP contribution in [0.15, 0.2) is 36.4 Å². The van der Waals surface area contributed by atoms with Gasteiger partial charge in [0.25, 0.3) is 0 Å². The molecule has 4 nitrogen and oxygen atoms in total. The van der Waals surface area contributed by atoms with Crippen LogP contribution in [0.3, 0.4) is 0 Å². The van der Waals surface area contributed by atoms with E-state index in [2.05, 4.69) is 10.3 Å². The number of anilines is 1. The summed E-state index contributed by atoms with van der Waals surface area (Å²) in [5.41, 5.74) is 1.21. The first-order chi connectivity index (χ1) is 11.1. The molecule has 0 saturated carbocycles. The van der Waals surface area contributed by atoms with Crippen LogP contribution in [0.1, 0.15) is 10.4 Å². The van der Waals surface area contributed by atoms with Gasteiger partial charge >= 0.3 is 0 Å². The summed E-state index contributed by atoms with van der Waals surface area (Å²) in [4.78, 5) is 16.7. The van der Waals surface area contributed by atoms with Gasteiger partial charge in [-0.25, -0.2) is 4.98 Å². The first-order valence-corrected chi connectivity index (χ1v) is 8.31. The van der Waals surface area contributed by atoms with Crippen molar-refractivity contribution in [3.8, 4) is 5.75 Å². The van der Waals surface area contributed by atoms with Gasteiger partial charge in [-0.05, 0) is 30.3 Å². The van der Waals surface area contributed by atoms with E-state index < -0.39 is 0 Å². The van der Waals surface area contributed by atoms with E-state index >= 15 is 0 Å². The second-order valence-corrected chi connectivity index (χ2v) is 6.60. The molecule has 0 aliphatic carbocycles. The molecule has 3 aromatic rings. The molecule has 0 amide bonds. The number of fused-ring (bicyclic) bond motifs is 1. The van der Waals surface area contributed by atoms with Gasteiger partial charge in [-0.2, -0.15) is 0 Å². The van der Waals surface area contributed by atoms with Gasteiger partial charge in [0.15, 0.2) is 10.9 Å². The summed E-state index contributed by atoms with van der Waals surface area (Å²) in [5, 5.41) is 4.53. The molecule has 3 rings (SSSR count). The minimum absolute atomic E-state index is 0. The average Bonchev–Trinajstić information content (AvgIpc) is 2.95. The lowest BCUT2D eigenvalue weighted by atomic mass is 10.1. The number of hydrogen-bond donors (Lipinski definition) is 1. The van der Waals surface area contributed by atoms with Crippen LogP contribution in [-0.4, -0.2) is 24.4 Å². The van der Waals surface area contributed by atoms with E-state index in [0.717, 1.165) is 10.2 Å². The second-order valence-electron chi connectivity index (χ2n) is 4.73. The molecule has 0 fully saturated rings. The molecule has 0 aliphatic rings. The van der Waals surface area contributed by atoms with Gasteiger partial charge in [-0.15, -0.1) is 0 Å². The maximum Gasteiger partial charge on any atom is 0.184 e. The van der Waals surface area contributed by atoms with Crippen molar-refractivity contribution in [2.45, 2.75) is 0 Å². The maximum atomic E-state index is 12.3. The van der Waals surface area contributed by atoms with Crippen molar-refractivity contribution < 1.29 is 26.5 Å². The third kappa shape index (κ3) is 4.00. The summed E-state index contributed by atoms with van der Waals surface area (Å²) >= 11 is 13.3. The summed E-state index contributed by atoms with van der Waals surface area (Å²) in [7, 11) is 1.60. The topological polar surface area (TPSA) is 51.2 Å². The Morgan fingerprint density at radius 1 is 1.29 bits per heavy atom. The molecule has 1 heterocycles. The smallest absolute Gasteiger partial charge is 0.184 e. The van der Waals surface area contributed by atoms with Crippen molar-refractivity contribution in [2.24, 2.45) is 0 Å². The van der Waals surface area contributed by atoms with E-state index in [0.29, 0.717) is 26.5 Å². The number of carbonyl (C=O) groups excluding carboxylic acids is 1. The Balaban J connectivity index is 0.00000208. The minimum Gasteiger partial charge on any atom is -1.00 e. The zero-order chi connectivity index (χ0) is 16.4. The number of nitrogens with one attached hydrogen (secondary N) is 1. The number of nitrogens with zero attached hydrogens (tertiary/aromatic N) is 1. The fraction of sp³-hybridized carbons (Fsp3) is 0.125. The molecule has 8 heteroatoms. The Hall–Kier alpha value is -1.34. The van der Waals surface area contributed by atoms with Crippen LogP contribution in [-0.2, 0) is 0 Å². The van der Waals surface area contributed by atoms with E-state index in [4.69, 9.17) is 27.9 Å². The molecule has 0 bridgehead atoms. The zero-order valence-corrected chi connectivity index (χ0v) is 16.4. The second kappa shape index (κ2) is 8.16. The lowest BCUT2D eigenvalue weighted by Crippen LogP contribution is -3.00. The number of halogens is 3. The zero-order valence-electron chi connectivity index (χ0n) is 12.5. The highest BCUT2D eigenvalue weighted by atomic mass is 79.9. The third-order valence-electron chi connectivity index (χ3n) is 3.23. The third-order valence-corrected chi connectivity index (χ3v) is 4.76. The summed E-state index contributed by atoms with van der Waals surface area (Å²) in [5.74, 6) is 0.580. The molecule has 0 saturated heterocycles. The molecule has 0 atom stereocenters. The highest BCUT2D eigenvalue weighted by Crippen LogP contribution is 2.32. The molecule has 126 valence electrons. The number of ketones is 1. The summed E-state index contributed by atoms with van der Waals surface area (Å²) < 4.78 is 6.27. The Morgan fingerprint density at radius 2 is 2.08 bits per heavy atom. The highest BCUT2D eigenvalue weighted by molar-refractivity contribution is 7.22. The van der Waals surface area contributed by atoms with Gasteiger partial charge in [-0.1, -0.05) is 40.6 Å². The minimum atomic E-state index is -0.127. The predicted molar refractivity (Wildman–Crippen MR) is 95.5 cm³/mol. The monoisotopic (exact) mass is 445 g/mol. The Morgan fingerprint density at radius 3 is 2.79 bits per heavy atom. The summed E-state index contributed by atoms with van der Waals surface area (Å²) in [6, 6.07) is 10.5. The van der Waals surface area contributed by atoms with Crippen LogP contribution in [0.25, 0.3) is 10.2 Å². The molecule has 1 aromatic heterocycles. The number of aromatic nitrogens is 1. The van der Waals surface area contributed by atoms with E-state index in [9.17, 15) is 4.79 Å².